The minimum absolute atomic E-state index is 0.153. The zero-order valence-electron chi connectivity index (χ0n) is 9.39. The Labute approximate surface area is 94.3 Å². The Morgan fingerprint density at radius 3 is 3.12 bits per heavy atom. The van der Waals surface area contributed by atoms with Gasteiger partial charge in [-0.25, -0.2) is 4.98 Å². The molecule has 0 spiro atoms. The van der Waals surface area contributed by atoms with Gasteiger partial charge < -0.3 is 9.30 Å². The lowest BCUT2D eigenvalue weighted by molar-refractivity contribution is -0.0295. The molecule has 0 radical (unpaired) electrons. The van der Waals surface area contributed by atoms with Crippen LogP contribution in [0.25, 0.3) is 11.0 Å². The van der Waals surface area contributed by atoms with Gasteiger partial charge in [-0.1, -0.05) is 0 Å². The summed E-state index contributed by atoms with van der Waals surface area (Å²) in [5.74, 6) is 0. The van der Waals surface area contributed by atoms with Crippen molar-refractivity contribution in [2.75, 3.05) is 6.61 Å². The van der Waals surface area contributed by atoms with Gasteiger partial charge in [0.2, 0.25) is 0 Å². The summed E-state index contributed by atoms with van der Waals surface area (Å²) in [4.78, 5) is 8.53. The van der Waals surface area contributed by atoms with Gasteiger partial charge in [0.1, 0.15) is 11.7 Å². The number of ether oxygens (including phenoxy) is 1. The summed E-state index contributed by atoms with van der Waals surface area (Å²) in [5.41, 5.74) is 3.26. The predicted molar refractivity (Wildman–Crippen MR) is 61.1 cm³/mol. The second-order valence-corrected chi connectivity index (χ2v) is 4.30. The Morgan fingerprint density at radius 2 is 2.31 bits per heavy atom. The summed E-state index contributed by atoms with van der Waals surface area (Å²) >= 11 is 0. The van der Waals surface area contributed by atoms with Crippen LogP contribution >= 0.6 is 0 Å². The number of aryl methyl sites for hydroxylation is 1. The molecule has 0 aliphatic carbocycles. The third-order valence-corrected chi connectivity index (χ3v) is 3.13. The number of fused-ring (bicyclic) bond motifs is 1. The van der Waals surface area contributed by atoms with E-state index in [4.69, 9.17) is 4.74 Å². The Balaban J connectivity index is 2.09. The molecule has 1 saturated heterocycles. The van der Waals surface area contributed by atoms with Crippen molar-refractivity contribution in [3.05, 3.63) is 24.3 Å². The zero-order chi connectivity index (χ0) is 11.0. The maximum Gasteiger partial charge on any atom is 0.135 e. The summed E-state index contributed by atoms with van der Waals surface area (Å²) < 4.78 is 7.93. The van der Waals surface area contributed by atoms with E-state index >= 15 is 0 Å². The highest BCUT2D eigenvalue weighted by atomic mass is 16.5. The molecule has 0 aromatic carbocycles. The second kappa shape index (κ2) is 3.87. The molecule has 1 fully saturated rings. The first-order chi connectivity index (χ1) is 7.86. The quantitative estimate of drug-likeness (QED) is 0.736. The largest absolute Gasteiger partial charge is 0.358 e. The molecule has 16 heavy (non-hydrogen) atoms. The highest BCUT2D eigenvalue weighted by molar-refractivity contribution is 5.77. The molecule has 84 valence electrons. The molecule has 0 saturated carbocycles. The number of pyridine rings is 1. The Morgan fingerprint density at radius 1 is 1.38 bits per heavy atom. The van der Waals surface area contributed by atoms with Crippen molar-refractivity contribution in [1.82, 2.24) is 14.5 Å². The van der Waals surface area contributed by atoms with Crippen LogP contribution in [-0.4, -0.2) is 21.1 Å². The van der Waals surface area contributed by atoms with E-state index in [0.29, 0.717) is 0 Å². The van der Waals surface area contributed by atoms with E-state index in [1.165, 1.54) is 12.8 Å². The highest BCUT2D eigenvalue weighted by Crippen LogP contribution is 2.27. The van der Waals surface area contributed by atoms with Gasteiger partial charge in [0.25, 0.3) is 0 Å². The van der Waals surface area contributed by atoms with E-state index < -0.39 is 0 Å². The van der Waals surface area contributed by atoms with Crippen LogP contribution in [0.4, 0.5) is 0 Å². The van der Waals surface area contributed by atoms with Crippen LogP contribution in [0.3, 0.4) is 0 Å². The van der Waals surface area contributed by atoms with E-state index in [0.717, 1.165) is 29.6 Å². The topological polar surface area (TPSA) is 39.9 Å². The fourth-order valence-electron chi connectivity index (χ4n) is 2.32. The second-order valence-electron chi connectivity index (χ2n) is 4.30. The number of nitrogens with zero attached hydrogens (tertiary/aromatic N) is 3. The van der Waals surface area contributed by atoms with Gasteiger partial charge in [0.15, 0.2) is 0 Å². The first kappa shape index (κ1) is 9.78. The lowest BCUT2D eigenvalue weighted by Crippen LogP contribution is -2.17. The van der Waals surface area contributed by atoms with Crippen molar-refractivity contribution in [2.24, 2.45) is 0 Å². The van der Waals surface area contributed by atoms with Crippen LogP contribution in [0, 0.1) is 6.92 Å². The van der Waals surface area contributed by atoms with Gasteiger partial charge in [0.05, 0.1) is 18.0 Å². The van der Waals surface area contributed by atoms with Crippen LogP contribution in [0.2, 0.25) is 0 Å². The molecular formula is C12H15N3O. The average molecular weight is 217 g/mol. The first-order valence-electron chi connectivity index (χ1n) is 5.75. The van der Waals surface area contributed by atoms with Gasteiger partial charge in [0, 0.05) is 12.8 Å². The fourth-order valence-corrected chi connectivity index (χ4v) is 2.32. The normalized spacial score (nSPS) is 21.4. The van der Waals surface area contributed by atoms with Crippen molar-refractivity contribution < 1.29 is 4.74 Å². The zero-order valence-corrected chi connectivity index (χ0v) is 9.39. The van der Waals surface area contributed by atoms with E-state index in [1.54, 1.807) is 0 Å². The van der Waals surface area contributed by atoms with E-state index in [9.17, 15) is 0 Å². The molecule has 0 bridgehead atoms. The lowest BCUT2D eigenvalue weighted by atomic mass is 10.2. The molecule has 2 aromatic rings. The summed E-state index contributed by atoms with van der Waals surface area (Å²) in [6.07, 6.45) is 9.19. The lowest BCUT2D eigenvalue weighted by Gasteiger charge is -2.24. The third-order valence-electron chi connectivity index (χ3n) is 3.13. The Bertz CT molecular complexity index is 500. The van der Waals surface area contributed by atoms with Crippen molar-refractivity contribution in [1.29, 1.82) is 0 Å². The summed E-state index contributed by atoms with van der Waals surface area (Å²) in [7, 11) is 0. The van der Waals surface area contributed by atoms with E-state index in [2.05, 4.69) is 21.5 Å². The summed E-state index contributed by atoms with van der Waals surface area (Å²) in [6.45, 7) is 2.92. The van der Waals surface area contributed by atoms with Crippen LogP contribution in [0.15, 0.2) is 18.7 Å². The Hall–Kier alpha value is -1.42. The monoisotopic (exact) mass is 217 g/mol. The molecule has 3 heterocycles. The predicted octanol–water partition coefficient (Wildman–Crippen LogP) is 2.44. The summed E-state index contributed by atoms with van der Waals surface area (Å²) in [5, 5.41) is 0. The summed E-state index contributed by atoms with van der Waals surface area (Å²) in [6, 6.07) is 0. The fraction of sp³-hybridized carbons (Fsp3) is 0.500. The average Bonchev–Trinajstić information content (AvgIpc) is 2.75. The van der Waals surface area contributed by atoms with Gasteiger partial charge in [-0.15, -0.1) is 0 Å². The molecular weight excluding hydrogens is 202 g/mol. The van der Waals surface area contributed by atoms with Gasteiger partial charge in [-0.3, -0.25) is 4.98 Å². The van der Waals surface area contributed by atoms with Gasteiger partial charge in [-0.2, -0.15) is 0 Å². The SMILES string of the molecule is Cc1cncc2ncn(C3CCCCO3)c12. The first-order valence-corrected chi connectivity index (χ1v) is 5.75. The molecule has 1 aliphatic rings. The molecule has 1 atom stereocenters. The maximum atomic E-state index is 5.79. The van der Waals surface area contributed by atoms with E-state index in [-0.39, 0.29) is 6.23 Å². The van der Waals surface area contributed by atoms with Crippen molar-refractivity contribution in [2.45, 2.75) is 32.4 Å². The molecule has 3 rings (SSSR count). The number of hydrogen-bond donors (Lipinski definition) is 0. The van der Waals surface area contributed by atoms with Crippen LogP contribution < -0.4 is 0 Å². The molecule has 0 amide bonds. The van der Waals surface area contributed by atoms with Crippen LogP contribution in [-0.2, 0) is 4.74 Å². The number of rotatable bonds is 1. The van der Waals surface area contributed by atoms with Gasteiger partial charge >= 0.3 is 0 Å². The molecule has 2 aromatic heterocycles. The molecule has 0 N–H and O–H groups in total. The molecule has 4 heteroatoms. The van der Waals surface area contributed by atoms with Gasteiger partial charge in [-0.05, 0) is 31.7 Å². The number of imidazole rings is 1. The number of aromatic nitrogens is 3. The molecule has 1 aliphatic heterocycles. The van der Waals surface area contributed by atoms with Crippen LogP contribution in [0.1, 0.15) is 31.1 Å². The maximum absolute atomic E-state index is 5.79. The standard InChI is InChI=1S/C12H15N3O/c1-9-6-13-7-10-12(9)15(8-14-10)11-4-2-3-5-16-11/h6-8,11H,2-5H2,1H3. The molecule has 1 unspecified atom stereocenters. The molecule has 4 nitrogen and oxygen atoms in total. The van der Waals surface area contributed by atoms with Crippen LogP contribution in [0.5, 0.6) is 0 Å². The van der Waals surface area contributed by atoms with Crippen molar-refractivity contribution in [3.8, 4) is 0 Å². The van der Waals surface area contributed by atoms with E-state index in [1.807, 2.05) is 18.7 Å². The smallest absolute Gasteiger partial charge is 0.135 e. The Kier molecular flexibility index (Phi) is 2.36. The van der Waals surface area contributed by atoms with Crippen molar-refractivity contribution in [3.63, 3.8) is 0 Å². The third kappa shape index (κ3) is 1.50. The minimum atomic E-state index is 0.153. The minimum Gasteiger partial charge on any atom is -0.358 e. The highest BCUT2D eigenvalue weighted by Gasteiger charge is 2.18. The van der Waals surface area contributed by atoms with Crippen molar-refractivity contribution >= 4 is 11.0 Å². The number of hydrogen-bond acceptors (Lipinski definition) is 3.